The molecular formula is C12H9BrClN3O2. The predicted octanol–water partition coefficient (Wildman–Crippen LogP) is 3.52. The molecule has 2 rings (SSSR count). The lowest BCUT2D eigenvalue weighted by molar-refractivity contribution is 0.0697. The van der Waals surface area contributed by atoms with Gasteiger partial charge in [-0.05, 0) is 34.1 Å². The average molecular weight is 343 g/mol. The molecule has 0 atom stereocenters. The van der Waals surface area contributed by atoms with Crippen LogP contribution >= 0.6 is 27.5 Å². The summed E-state index contributed by atoms with van der Waals surface area (Å²) in [4.78, 5) is 15.1. The highest BCUT2D eigenvalue weighted by atomic mass is 79.9. The van der Waals surface area contributed by atoms with Gasteiger partial charge in [0.05, 0.1) is 27.1 Å². The van der Waals surface area contributed by atoms with Gasteiger partial charge in [-0.3, -0.25) is 0 Å². The summed E-state index contributed by atoms with van der Waals surface area (Å²) >= 11 is 9.28. The zero-order valence-electron chi connectivity index (χ0n) is 9.52. The maximum Gasteiger partial charge on any atom is 0.339 e. The van der Waals surface area contributed by atoms with Crippen LogP contribution in [-0.4, -0.2) is 16.1 Å². The van der Waals surface area contributed by atoms with Crippen LogP contribution in [0.1, 0.15) is 10.4 Å². The minimum atomic E-state index is -1.11. The van der Waals surface area contributed by atoms with Crippen LogP contribution in [0.4, 0.5) is 17.2 Å². The summed E-state index contributed by atoms with van der Waals surface area (Å²) in [5, 5.41) is 12.5. The molecule has 5 nitrogen and oxygen atoms in total. The van der Waals surface area contributed by atoms with E-state index >= 15 is 0 Å². The monoisotopic (exact) mass is 341 g/mol. The fourth-order valence-electron chi connectivity index (χ4n) is 1.47. The van der Waals surface area contributed by atoms with Crippen molar-refractivity contribution in [1.29, 1.82) is 0 Å². The topological polar surface area (TPSA) is 88.2 Å². The quantitative estimate of drug-likeness (QED) is 0.794. The standard InChI is InChI=1S/C12H9BrClN3O2/c13-10-8(14)2-1-3-9(10)17-11-7(12(18)19)4-6(15)5-16-11/h1-5H,15H2,(H,16,17)(H,18,19). The highest BCUT2D eigenvalue weighted by molar-refractivity contribution is 9.10. The summed E-state index contributed by atoms with van der Waals surface area (Å²) in [6, 6.07) is 6.55. The summed E-state index contributed by atoms with van der Waals surface area (Å²) in [6.45, 7) is 0. The molecule has 0 aliphatic heterocycles. The van der Waals surface area contributed by atoms with Crippen LogP contribution in [-0.2, 0) is 0 Å². The van der Waals surface area contributed by atoms with Gasteiger partial charge < -0.3 is 16.2 Å². The van der Waals surface area contributed by atoms with E-state index in [0.29, 0.717) is 15.2 Å². The number of nitrogens with zero attached hydrogens (tertiary/aromatic N) is 1. The molecule has 1 heterocycles. The molecule has 1 aromatic carbocycles. The molecule has 0 saturated carbocycles. The number of halogens is 2. The molecule has 98 valence electrons. The van der Waals surface area contributed by atoms with Gasteiger partial charge in [-0.15, -0.1) is 0 Å². The van der Waals surface area contributed by atoms with Crippen molar-refractivity contribution in [1.82, 2.24) is 4.98 Å². The van der Waals surface area contributed by atoms with Crippen molar-refractivity contribution in [2.24, 2.45) is 0 Å². The smallest absolute Gasteiger partial charge is 0.339 e. The summed E-state index contributed by atoms with van der Waals surface area (Å²) in [7, 11) is 0. The molecule has 4 N–H and O–H groups in total. The third-order valence-electron chi connectivity index (χ3n) is 2.34. The van der Waals surface area contributed by atoms with Crippen LogP contribution in [0.2, 0.25) is 5.02 Å². The van der Waals surface area contributed by atoms with E-state index in [1.165, 1.54) is 12.3 Å². The third kappa shape index (κ3) is 2.97. The number of nitrogens with two attached hydrogens (primary N) is 1. The lowest BCUT2D eigenvalue weighted by Gasteiger charge is -2.11. The number of aromatic carboxylic acids is 1. The molecule has 0 saturated heterocycles. The number of pyridine rings is 1. The van der Waals surface area contributed by atoms with E-state index in [0.717, 1.165) is 0 Å². The van der Waals surface area contributed by atoms with E-state index in [9.17, 15) is 4.79 Å². The van der Waals surface area contributed by atoms with Gasteiger partial charge in [-0.2, -0.15) is 0 Å². The zero-order chi connectivity index (χ0) is 14.0. The SMILES string of the molecule is Nc1cnc(Nc2cccc(Cl)c2Br)c(C(=O)O)c1. The largest absolute Gasteiger partial charge is 0.478 e. The van der Waals surface area contributed by atoms with Crippen LogP contribution in [0.3, 0.4) is 0 Å². The van der Waals surface area contributed by atoms with Gasteiger partial charge in [0, 0.05) is 0 Å². The molecule has 0 fully saturated rings. The molecule has 0 amide bonds. The molecule has 2 aromatic rings. The van der Waals surface area contributed by atoms with Crippen molar-refractivity contribution in [2.45, 2.75) is 0 Å². The Balaban J connectivity index is 2.44. The van der Waals surface area contributed by atoms with Crippen molar-refractivity contribution in [3.63, 3.8) is 0 Å². The number of benzene rings is 1. The number of aromatic nitrogens is 1. The third-order valence-corrected chi connectivity index (χ3v) is 3.74. The Morgan fingerprint density at radius 1 is 1.47 bits per heavy atom. The summed E-state index contributed by atoms with van der Waals surface area (Å²) < 4.78 is 0.631. The fraction of sp³-hybridized carbons (Fsp3) is 0. The van der Waals surface area contributed by atoms with Crippen molar-refractivity contribution >= 4 is 50.7 Å². The van der Waals surface area contributed by atoms with Gasteiger partial charge in [0.2, 0.25) is 0 Å². The fourth-order valence-corrected chi connectivity index (χ4v) is 2.01. The van der Waals surface area contributed by atoms with E-state index < -0.39 is 5.97 Å². The molecule has 0 aliphatic carbocycles. The van der Waals surface area contributed by atoms with Crippen molar-refractivity contribution in [3.05, 3.63) is 45.5 Å². The first-order valence-electron chi connectivity index (χ1n) is 5.19. The number of carbonyl (C=O) groups is 1. The van der Waals surface area contributed by atoms with Crippen LogP contribution in [0.25, 0.3) is 0 Å². The molecule has 0 radical (unpaired) electrons. The minimum absolute atomic E-state index is 0.00752. The molecule has 0 spiro atoms. The number of hydrogen-bond acceptors (Lipinski definition) is 4. The predicted molar refractivity (Wildman–Crippen MR) is 78.0 cm³/mol. The molecule has 7 heteroatoms. The lowest BCUT2D eigenvalue weighted by Crippen LogP contribution is -2.06. The van der Waals surface area contributed by atoms with E-state index in [2.05, 4.69) is 26.2 Å². The van der Waals surface area contributed by atoms with E-state index in [4.69, 9.17) is 22.4 Å². The summed E-state index contributed by atoms with van der Waals surface area (Å²) in [5.74, 6) is -0.912. The highest BCUT2D eigenvalue weighted by Gasteiger charge is 2.13. The Hall–Kier alpha value is -1.79. The number of hydrogen-bond donors (Lipinski definition) is 3. The maximum atomic E-state index is 11.1. The van der Waals surface area contributed by atoms with Crippen molar-refractivity contribution < 1.29 is 9.90 Å². The summed E-state index contributed by atoms with van der Waals surface area (Å²) in [5.41, 5.74) is 6.42. The van der Waals surface area contributed by atoms with Gasteiger partial charge in [0.15, 0.2) is 0 Å². The van der Waals surface area contributed by atoms with Crippen molar-refractivity contribution in [2.75, 3.05) is 11.1 Å². The molecular weight excluding hydrogens is 334 g/mol. The van der Waals surface area contributed by atoms with Crippen LogP contribution in [0.5, 0.6) is 0 Å². The molecule has 0 bridgehead atoms. The van der Waals surface area contributed by atoms with Crippen LogP contribution in [0.15, 0.2) is 34.9 Å². The molecule has 19 heavy (non-hydrogen) atoms. The number of nitrogens with one attached hydrogen (secondary N) is 1. The Labute approximate surface area is 122 Å². The van der Waals surface area contributed by atoms with Gasteiger partial charge in [-0.1, -0.05) is 17.7 Å². The minimum Gasteiger partial charge on any atom is -0.478 e. The number of rotatable bonds is 3. The Morgan fingerprint density at radius 3 is 2.89 bits per heavy atom. The first-order valence-corrected chi connectivity index (χ1v) is 6.36. The average Bonchev–Trinajstić information content (AvgIpc) is 2.36. The van der Waals surface area contributed by atoms with E-state index in [1.807, 2.05) is 0 Å². The van der Waals surface area contributed by atoms with E-state index in [1.54, 1.807) is 18.2 Å². The Kier molecular flexibility index (Phi) is 3.92. The zero-order valence-corrected chi connectivity index (χ0v) is 11.9. The number of carboxylic acids is 1. The second-order valence-corrected chi connectivity index (χ2v) is 4.90. The number of anilines is 3. The van der Waals surface area contributed by atoms with Crippen LogP contribution in [0, 0.1) is 0 Å². The first kappa shape index (κ1) is 13.6. The second kappa shape index (κ2) is 5.46. The van der Waals surface area contributed by atoms with E-state index in [-0.39, 0.29) is 17.1 Å². The highest BCUT2D eigenvalue weighted by Crippen LogP contribution is 2.32. The normalized spacial score (nSPS) is 10.2. The number of nitrogen functional groups attached to an aromatic ring is 1. The molecule has 0 aliphatic rings. The first-order chi connectivity index (χ1) is 8.99. The molecule has 0 unspecified atom stereocenters. The van der Waals surface area contributed by atoms with Crippen molar-refractivity contribution in [3.8, 4) is 0 Å². The van der Waals surface area contributed by atoms with Crippen LogP contribution < -0.4 is 11.1 Å². The number of carboxylic acid groups (broad SMARTS) is 1. The molecule has 1 aromatic heterocycles. The lowest BCUT2D eigenvalue weighted by atomic mass is 10.2. The Morgan fingerprint density at radius 2 is 2.21 bits per heavy atom. The summed E-state index contributed by atoms with van der Waals surface area (Å²) in [6.07, 6.45) is 1.38. The van der Waals surface area contributed by atoms with Gasteiger partial charge >= 0.3 is 5.97 Å². The maximum absolute atomic E-state index is 11.1. The van der Waals surface area contributed by atoms with Gasteiger partial charge in [0.1, 0.15) is 11.4 Å². The van der Waals surface area contributed by atoms with Gasteiger partial charge in [-0.25, -0.2) is 9.78 Å². The Bertz CT molecular complexity index is 649. The van der Waals surface area contributed by atoms with Gasteiger partial charge in [0.25, 0.3) is 0 Å². The second-order valence-electron chi connectivity index (χ2n) is 3.70.